The molecule has 1 amide bonds. The smallest absolute Gasteiger partial charge is 0.251 e. The monoisotopic (exact) mass is 536 g/mol. The quantitative estimate of drug-likeness (QED) is 0.120. The number of anilines is 4. The summed E-state index contributed by atoms with van der Waals surface area (Å²) in [6.45, 7) is 7.38. The van der Waals surface area contributed by atoms with Crippen LogP contribution in [0.1, 0.15) is 15.9 Å². The van der Waals surface area contributed by atoms with Crippen LogP contribution in [0.3, 0.4) is 0 Å². The Hall–Kier alpha value is -4.26. The SMILES string of the molecule is C=CCNc1nc(NCc2ccc(OC)cc2)nc(Nc2cccc(C(=O)NCCOCCOCCN)c2)n1. The zero-order valence-electron chi connectivity index (χ0n) is 22.1. The molecule has 2 aromatic carbocycles. The van der Waals surface area contributed by atoms with Crippen LogP contribution in [0.2, 0.25) is 0 Å². The molecule has 0 saturated heterocycles. The van der Waals surface area contributed by atoms with Crippen LogP contribution < -0.4 is 31.7 Å². The highest BCUT2D eigenvalue weighted by atomic mass is 16.5. The van der Waals surface area contributed by atoms with Crippen molar-refractivity contribution in [1.29, 1.82) is 0 Å². The third kappa shape index (κ3) is 10.6. The molecule has 208 valence electrons. The van der Waals surface area contributed by atoms with Gasteiger partial charge in [-0.05, 0) is 35.9 Å². The summed E-state index contributed by atoms with van der Waals surface area (Å²) in [7, 11) is 1.63. The molecular weight excluding hydrogens is 500 g/mol. The minimum atomic E-state index is -0.215. The van der Waals surface area contributed by atoms with Crippen molar-refractivity contribution in [1.82, 2.24) is 20.3 Å². The van der Waals surface area contributed by atoms with Gasteiger partial charge in [-0.3, -0.25) is 4.79 Å². The summed E-state index contributed by atoms with van der Waals surface area (Å²) < 4.78 is 15.9. The Morgan fingerprint density at radius 3 is 2.38 bits per heavy atom. The lowest BCUT2D eigenvalue weighted by atomic mass is 10.2. The number of nitrogens with zero attached hydrogens (tertiary/aromatic N) is 3. The van der Waals surface area contributed by atoms with Crippen molar-refractivity contribution in [2.24, 2.45) is 5.73 Å². The number of hydrogen-bond acceptors (Lipinski definition) is 11. The van der Waals surface area contributed by atoms with Gasteiger partial charge in [-0.2, -0.15) is 15.0 Å². The largest absolute Gasteiger partial charge is 0.497 e. The van der Waals surface area contributed by atoms with E-state index < -0.39 is 0 Å². The average molecular weight is 537 g/mol. The van der Waals surface area contributed by atoms with Gasteiger partial charge >= 0.3 is 0 Å². The maximum atomic E-state index is 12.6. The summed E-state index contributed by atoms with van der Waals surface area (Å²) in [6.07, 6.45) is 1.71. The molecule has 1 aromatic heterocycles. The second-order valence-electron chi connectivity index (χ2n) is 8.15. The molecule has 1 heterocycles. The molecule has 12 heteroatoms. The van der Waals surface area contributed by atoms with Gasteiger partial charge in [-0.25, -0.2) is 0 Å². The van der Waals surface area contributed by atoms with E-state index in [9.17, 15) is 4.79 Å². The van der Waals surface area contributed by atoms with Crippen molar-refractivity contribution in [3.63, 3.8) is 0 Å². The number of carbonyl (C=O) groups is 1. The summed E-state index contributed by atoms with van der Waals surface area (Å²) in [5.41, 5.74) is 7.54. The highest BCUT2D eigenvalue weighted by molar-refractivity contribution is 5.95. The molecule has 0 aliphatic rings. The first-order valence-corrected chi connectivity index (χ1v) is 12.6. The highest BCUT2D eigenvalue weighted by Crippen LogP contribution is 2.18. The lowest BCUT2D eigenvalue weighted by Gasteiger charge is -2.12. The highest BCUT2D eigenvalue weighted by Gasteiger charge is 2.10. The van der Waals surface area contributed by atoms with Crippen molar-refractivity contribution in [3.8, 4) is 5.75 Å². The molecule has 39 heavy (non-hydrogen) atoms. The van der Waals surface area contributed by atoms with E-state index in [1.807, 2.05) is 30.3 Å². The predicted molar refractivity (Wildman–Crippen MR) is 152 cm³/mol. The third-order valence-electron chi connectivity index (χ3n) is 5.20. The Morgan fingerprint density at radius 2 is 1.67 bits per heavy atom. The van der Waals surface area contributed by atoms with E-state index in [2.05, 4.69) is 42.8 Å². The number of nitrogens with one attached hydrogen (secondary N) is 4. The van der Waals surface area contributed by atoms with Gasteiger partial charge in [0.2, 0.25) is 17.8 Å². The molecule has 3 rings (SSSR count). The summed E-state index contributed by atoms with van der Waals surface area (Å²) in [5.74, 6) is 1.66. The van der Waals surface area contributed by atoms with Crippen LogP contribution >= 0.6 is 0 Å². The zero-order valence-corrected chi connectivity index (χ0v) is 22.1. The zero-order chi connectivity index (χ0) is 27.7. The standard InChI is InChI=1S/C27H36N8O4/c1-3-12-30-25-33-26(31-19-20-7-9-23(37-2)10-8-20)35-27(34-25)32-22-6-4-5-21(18-22)24(36)29-13-15-39-17-16-38-14-11-28/h3-10,18H,1,11-17,19,28H2,2H3,(H,29,36)(H3,30,31,32,33,34,35). The van der Waals surface area contributed by atoms with Crippen molar-refractivity contribution in [2.75, 3.05) is 69.1 Å². The third-order valence-corrected chi connectivity index (χ3v) is 5.20. The van der Waals surface area contributed by atoms with Crippen LogP contribution in [0, 0.1) is 0 Å². The van der Waals surface area contributed by atoms with E-state index in [1.54, 1.807) is 31.4 Å². The molecule has 0 radical (unpaired) electrons. The van der Waals surface area contributed by atoms with Gasteiger partial charge in [-0.1, -0.05) is 24.3 Å². The molecule has 0 aliphatic carbocycles. The summed E-state index contributed by atoms with van der Waals surface area (Å²) >= 11 is 0. The van der Waals surface area contributed by atoms with Gasteiger partial charge in [0.05, 0.1) is 33.5 Å². The van der Waals surface area contributed by atoms with E-state index in [0.29, 0.717) is 81.7 Å². The Kier molecular flexibility index (Phi) is 12.4. The molecule has 0 atom stereocenters. The summed E-state index contributed by atoms with van der Waals surface area (Å²) in [6, 6.07) is 14.8. The molecular formula is C27H36N8O4. The van der Waals surface area contributed by atoms with Crippen molar-refractivity contribution in [3.05, 3.63) is 72.3 Å². The Bertz CT molecular complexity index is 1180. The Labute approximate surface area is 228 Å². The molecule has 0 fully saturated rings. The molecule has 0 aliphatic heterocycles. The van der Waals surface area contributed by atoms with Gasteiger partial charge in [0.25, 0.3) is 5.91 Å². The number of hydrogen-bond donors (Lipinski definition) is 5. The number of amides is 1. The number of ether oxygens (including phenoxy) is 3. The van der Waals surface area contributed by atoms with Crippen molar-refractivity contribution >= 4 is 29.4 Å². The average Bonchev–Trinajstić information content (AvgIpc) is 2.96. The second-order valence-corrected chi connectivity index (χ2v) is 8.15. The number of methoxy groups -OCH3 is 1. The maximum Gasteiger partial charge on any atom is 0.251 e. The fourth-order valence-corrected chi connectivity index (χ4v) is 3.29. The second kappa shape index (κ2) is 16.6. The van der Waals surface area contributed by atoms with Crippen LogP contribution in [0.25, 0.3) is 0 Å². The molecule has 0 bridgehead atoms. The van der Waals surface area contributed by atoms with Crippen molar-refractivity contribution in [2.45, 2.75) is 6.54 Å². The molecule has 0 unspecified atom stereocenters. The number of carbonyl (C=O) groups excluding carboxylic acids is 1. The topological polar surface area (TPSA) is 158 Å². The van der Waals surface area contributed by atoms with E-state index in [1.165, 1.54) is 0 Å². The number of aromatic nitrogens is 3. The van der Waals surface area contributed by atoms with Crippen LogP contribution in [-0.4, -0.2) is 74.0 Å². The lowest BCUT2D eigenvalue weighted by Crippen LogP contribution is -2.27. The lowest BCUT2D eigenvalue weighted by molar-refractivity contribution is 0.0511. The first-order chi connectivity index (χ1) is 19.1. The number of nitrogens with two attached hydrogens (primary N) is 1. The van der Waals surface area contributed by atoms with Crippen LogP contribution in [0.4, 0.5) is 23.5 Å². The van der Waals surface area contributed by atoms with Gasteiger partial charge in [0.15, 0.2) is 0 Å². The normalized spacial score (nSPS) is 10.5. The Morgan fingerprint density at radius 1 is 0.949 bits per heavy atom. The molecule has 0 spiro atoms. The molecule has 12 nitrogen and oxygen atoms in total. The number of benzene rings is 2. The summed E-state index contributed by atoms with van der Waals surface area (Å²) in [5, 5.41) is 12.3. The van der Waals surface area contributed by atoms with Gasteiger partial charge in [0.1, 0.15) is 5.75 Å². The van der Waals surface area contributed by atoms with E-state index in [-0.39, 0.29) is 5.91 Å². The van der Waals surface area contributed by atoms with E-state index in [4.69, 9.17) is 19.9 Å². The van der Waals surface area contributed by atoms with Crippen LogP contribution in [0.15, 0.2) is 61.2 Å². The first kappa shape index (κ1) is 29.3. The van der Waals surface area contributed by atoms with Crippen LogP contribution in [-0.2, 0) is 16.0 Å². The van der Waals surface area contributed by atoms with Gasteiger partial charge in [0, 0.05) is 37.4 Å². The fourth-order valence-electron chi connectivity index (χ4n) is 3.29. The van der Waals surface area contributed by atoms with E-state index in [0.717, 1.165) is 11.3 Å². The first-order valence-electron chi connectivity index (χ1n) is 12.6. The Balaban J connectivity index is 1.59. The fraction of sp³-hybridized carbons (Fsp3) is 0.333. The van der Waals surface area contributed by atoms with Crippen LogP contribution in [0.5, 0.6) is 5.75 Å². The van der Waals surface area contributed by atoms with Crippen molar-refractivity contribution < 1.29 is 19.0 Å². The van der Waals surface area contributed by atoms with Gasteiger partial charge < -0.3 is 41.2 Å². The van der Waals surface area contributed by atoms with E-state index >= 15 is 0 Å². The molecule has 0 saturated carbocycles. The molecule has 6 N–H and O–H groups in total. The summed E-state index contributed by atoms with van der Waals surface area (Å²) in [4.78, 5) is 25.9. The van der Waals surface area contributed by atoms with Gasteiger partial charge in [-0.15, -0.1) is 6.58 Å². The maximum absolute atomic E-state index is 12.6. The predicted octanol–water partition coefficient (Wildman–Crippen LogP) is 2.56. The molecule has 3 aromatic rings. The minimum absolute atomic E-state index is 0.215. The minimum Gasteiger partial charge on any atom is -0.497 e. The number of rotatable bonds is 18.